The third-order valence-electron chi connectivity index (χ3n) is 3.67. The molecule has 1 aromatic carbocycles. The number of rotatable bonds is 8. The maximum absolute atomic E-state index is 12.1. The van der Waals surface area contributed by atoms with Gasteiger partial charge in [-0.2, -0.15) is 5.10 Å². The van der Waals surface area contributed by atoms with Gasteiger partial charge in [0.05, 0.1) is 12.3 Å². The van der Waals surface area contributed by atoms with Crippen LogP contribution < -0.4 is 15.6 Å². The largest absolute Gasteiger partial charge is 0.383 e. The Labute approximate surface area is 142 Å². The van der Waals surface area contributed by atoms with E-state index in [-0.39, 0.29) is 18.2 Å². The fraction of sp³-hybridized carbons (Fsp3) is 0.471. The van der Waals surface area contributed by atoms with Crippen molar-refractivity contribution in [1.29, 1.82) is 0 Å². The molecular formula is C17H24N4O3. The Bertz CT molecular complexity index is 598. The van der Waals surface area contributed by atoms with Gasteiger partial charge < -0.3 is 15.4 Å². The lowest BCUT2D eigenvalue weighted by Gasteiger charge is -2.14. The monoisotopic (exact) mass is 332 g/mol. The van der Waals surface area contributed by atoms with Gasteiger partial charge in [-0.1, -0.05) is 0 Å². The summed E-state index contributed by atoms with van der Waals surface area (Å²) in [5, 5.41) is 11.8. The average molecular weight is 332 g/mol. The highest BCUT2D eigenvalue weighted by Crippen LogP contribution is 2.19. The van der Waals surface area contributed by atoms with E-state index in [1.165, 1.54) is 0 Å². The van der Waals surface area contributed by atoms with Crippen molar-refractivity contribution in [2.24, 2.45) is 5.10 Å². The number of nitrogens with one attached hydrogen (secondary N) is 2. The average Bonchev–Trinajstić information content (AvgIpc) is 3.01. The van der Waals surface area contributed by atoms with Gasteiger partial charge >= 0.3 is 0 Å². The molecule has 0 saturated carbocycles. The number of hydrogen-bond acceptors (Lipinski definition) is 5. The zero-order chi connectivity index (χ0) is 17.4. The zero-order valence-corrected chi connectivity index (χ0v) is 14.2. The number of amides is 2. The smallest absolute Gasteiger partial charge is 0.251 e. The van der Waals surface area contributed by atoms with Crippen molar-refractivity contribution in [3.8, 4) is 0 Å². The summed E-state index contributed by atoms with van der Waals surface area (Å²) in [6, 6.07) is 7.31. The summed E-state index contributed by atoms with van der Waals surface area (Å²) in [5.74, 6) is -0.294. The van der Waals surface area contributed by atoms with E-state index in [2.05, 4.69) is 15.7 Å². The van der Waals surface area contributed by atoms with E-state index in [4.69, 9.17) is 4.74 Å². The van der Waals surface area contributed by atoms with E-state index in [0.29, 0.717) is 25.3 Å². The fourth-order valence-electron chi connectivity index (χ4n) is 2.32. The molecule has 1 aliphatic heterocycles. The van der Waals surface area contributed by atoms with Gasteiger partial charge in [-0.05, 0) is 31.2 Å². The molecule has 2 rings (SSSR count). The quantitative estimate of drug-likeness (QED) is 0.700. The van der Waals surface area contributed by atoms with Crippen molar-refractivity contribution in [2.45, 2.75) is 19.8 Å². The molecule has 0 atom stereocenters. The molecule has 130 valence electrons. The van der Waals surface area contributed by atoms with Crippen LogP contribution in [0.15, 0.2) is 29.4 Å². The Balaban J connectivity index is 1.75. The van der Waals surface area contributed by atoms with Gasteiger partial charge in [0.2, 0.25) is 5.91 Å². The number of methoxy groups -OCH3 is 1. The molecule has 1 aromatic rings. The molecular weight excluding hydrogens is 308 g/mol. The first-order chi connectivity index (χ1) is 11.6. The maximum Gasteiger partial charge on any atom is 0.251 e. The standard InChI is InChI=1S/C17H24N4O3/c1-13-8-11-21(20-13)15-5-3-14(4-6-15)17(23)19-9-7-16(22)18-10-12-24-2/h3-6H,7-12H2,1-2H3,(H,18,22)(H,19,23). The molecule has 24 heavy (non-hydrogen) atoms. The van der Waals surface area contributed by atoms with Gasteiger partial charge in [-0.15, -0.1) is 0 Å². The highest BCUT2D eigenvalue weighted by atomic mass is 16.5. The van der Waals surface area contributed by atoms with Gasteiger partial charge in [0.15, 0.2) is 0 Å². The normalized spacial score (nSPS) is 13.6. The fourth-order valence-corrected chi connectivity index (χ4v) is 2.32. The molecule has 1 heterocycles. The van der Waals surface area contributed by atoms with Crippen LogP contribution in [-0.2, 0) is 9.53 Å². The third-order valence-corrected chi connectivity index (χ3v) is 3.67. The highest BCUT2D eigenvalue weighted by molar-refractivity contribution is 5.95. The summed E-state index contributed by atoms with van der Waals surface area (Å²) in [6.45, 7) is 4.13. The Hall–Kier alpha value is -2.41. The lowest BCUT2D eigenvalue weighted by atomic mass is 10.2. The lowest BCUT2D eigenvalue weighted by Crippen LogP contribution is -2.32. The highest BCUT2D eigenvalue weighted by Gasteiger charge is 2.13. The van der Waals surface area contributed by atoms with Gasteiger partial charge in [0.25, 0.3) is 5.91 Å². The summed E-state index contributed by atoms with van der Waals surface area (Å²) in [5.41, 5.74) is 2.65. The van der Waals surface area contributed by atoms with Crippen molar-refractivity contribution < 1.29 is 14.3 Å². The van der Waals surface area contributed by atoms with E-state index < -0.39 is 0 Å². The summed E-state index contributed by atoms with van der Waals surface area (Å²) >= 11 is 0. The topological polar surface area (TPSA) is 83.0 Å². The number of hydrogen-bond donors (Lipinski definition) is 2. The number of carbonyl (C=O) groups is 2. The molecule has 0 aromatic heterocycles. The molecule has 0 spiro atoms. The van der Waals surface area contributed by atoms with Crippen molar-refractivity contribution in [3.63, 3.8) is 0 Å². The Morgan fingerprint density at radius 1 is 1.21 bits per heavy atom. The third kappa shape index (κ3) is 5.34. The zero-order valence-electron chi connectivity index (χ0n) is 14.2. The van der Waals surface area contributed by atoms with Gasteiger partial charge in [-0.25, -0.2) is 0 Å². The molecule has 2 N–H and O–H groups in total. The molecule has 0 fully saturated rings. The minimum atomic E-state index is -0.188. The minimum absolute atomic E-state index is 0.107. The van der Waals surface area contributed by atoms with Crippen molar-refractivity contribution in [3.05, 3.63) is 29.8 Å². The number of benzene rings is 1. The summed E-state index contributed by atoms with van der Waals surface area (Å²) < 4.78 is 4.85. The second-order valence-corrected chi connectivity index (χ2v) is 5.60. The van der Waals surface area contributed by atoms with Crippen LogP contribution in [0, 0.1) is 0 Å². The van der Waals surface area contributed by atoms with Crippen LogP contribution in [-0.4, -0.2) is 50.9 Å². The van der Waals surface area contributed by atoms with Gasteiger partial charge in [-0.3, -0.25) is 14.6 Å². The van der Waals surface area contributed by atoms with Gasteiger partial charge in [0, 0.05) is 50.9 Å². The molecule has 0 saturated heterocycles. The Morgan fingerprint density at radius 2 is 1.96 bits per heavy atom. The van der Waals surface area contributed by atoms with Crippen molar-refractivity contribution in [2.75, 3.05) is 38.4 Å². The van der Waals surface area contributed by atoms with Crippen LogP contribution in [0.1, 0.15) is 30.1 Å². The number of hydrazone groups is 1. The molecule has 7 nitrogen and oxygen atoms in total. The van der Waals surface area contributed by atoms with Crippen molar-refractivity contribution >= 4 is 23.2 Å². The lowest BCUT2D eigenvalue weighted by molar-refractivity contribution is -0.121. The molecule has 7 heteroatoms. The molecule has 0 aliphatic carbocycles. The predicted octanol–water partition coefficient (Wildman–Crippen LogP) is 1.16. The molecule has 0 bridgehead atoms. The number of anilines is 1. The van der Waals surface area contributed by atoms with Crippen LogP contribution in [0.5, 0.6) is 0 Å². The number of nitrogens with zero attached hydrogens (tertiary/aromatic N) is 2. The van der Waals surface area contributed by atoms with Crippen LogP contribution in [0.3, 0.4) is 0 Å². The molecule has 1 aliphatic rings. The van der Waals surface area contributed by atoms with E-state index in [1.807, 2.05) is 24.1 Å². The van der Waals surface area contributed by atoms with Gasteiger partial charge in [0.1, 0.15) is 0 Å². The summed E-state index contributed by atoms with van der Waals surface area (Å²) in [4.78, 5) is 23.6. The first kappa shape index (κ1) is 17.9. The molecule has 0 radical (unpaired) electrons. The SMILES string of the molecule is COCCNC(=O)CCNC(=O)c1ccc(N2CCC(C)=N2)cc1. The Kier molecular flexibility index (Phi) is 6.74. The van der Waals surface area contributed by atoms with Crippen molar-refractivity contribution in [1.82, 2.24) is 10.6 Å². The first-order valence-electron chi connectivity index (χ1n) is 8.05. The Morgan fingerprint density at radius 3 is 2.58 bits per heavy atom. The summed E-state index contributed by atoms with van der Waals surface area (Å²) in [7, 11) is 1.58. The van der Waals surface area contributed by atoms with E-state index >= 15 is 0 Å². The van der Waals surface area contributed by atoms with Crippen LogP contribution in [0.2, 0.25) is 0 Å². The summed E-state index contributed by atoms with van der Waals surface area (Å²) in [6.07, 6.45) is 1.21. The van der Waals surface area contributed by atoms with Crippen LogP contribution >= 0.6 is 0 Å². The molecule has 2 amide bonds. The van der Waals surface area contributed by atoms with Crippen LogP contribution in [0.25, 0.3) is 0 Å². The molecule has 0 unspecified atom stereocenters. The van der Waals surface area contributed by atoms with E-state index in [1.54, 1.807) is 19.2 Å². The predicted molar refractivity (Wildman–Crippen MR) is 93.3 cm³/mol. The second-order valence-electron chi connectivity index (χ2n) is 5.60. The maximum atomic E-state index is 12.1. The number of ether oxygens (including phenoxy) is 1. The second kappa shape index (κ2) is 9.02. The first-order valence-corrected chi connectivity index (χ1v) is 8.05. The van der Waals surface area contributed by atoms with E-state index in [9.17, 15) is 9.59 Å². The van der Waals surface area contributed by atoms with Crippen LogP contribution in [0.4, 0.5) is 5.69 Å². The number of carbonyl (C=O) groups excluding carboxylic acids is 2. The van der Waals surface area contributed by atoms with E-state index in [0.717, 1.165) is 24.4 Å². The minimum Gasteiger partial charge on any atom is -0.383 e.